The second-order valence-corrected chi connectivity index (χ2v) is 4.78. The van der Waals surface area contributed by atoms with Crippen molar-refractivity contribution in [3.63, 3.8) is 0 Å². The lowest BCUT2D eigenvalue weighted by Crippen LogP contribution is -2.45. The molecule has 1 aromatic rings. The van der Waals surface area contributed by atoms with Gasteiger partial charge >= 0.3 is 0 Å². The summed E-state index contributed by atoms with van der Waals surface area (Å²) in [6, 6.07) is 7.89. The smallest absolute Gasteiger partial charge is 0.239 e. The lowest BCUT2D eigenvalue weighted by Gasteiger charge is -2.23. The first-order chi connectivity index (χ1) is 9.62. The minimum atomic E-state index is -0.131. The third-order valence-electron chi connectivity index (χ3n) is 3.47. The quantitative estimate of drug-likeness (QED) is 0.791. The summed E-state index contributed by atoms with van der Waals surface area (Å²) in [6.07, 6.45) is 0.903. The highest BCUT2D eigenvalue weighted by Crippen LogP contribution is 2.11. The molecule has 0 radical (unpaired) electrons. The summed E-state index contributed by atoms with van der Waals surface area (Å²) in [5.74, 6) is 1.04. The third kappa shape index (κ3) is 4.85. The number of carbonyl (C=O) groups excluding carboxylic acids is 1. The highest BCUT2D eigenvalue weighted by atomic mass is 16.5. The van der Waals surface area contributed by atoms with Crippen LogP contribution in [-0.2, 0) is 11.2 Å². The van der Waals surface area contributed by atoms with Crippen LogP contribution < -0.4 is 10.1 Å². The van der Waals surface area contributed by atoms with Crippen molar-refractivity contribution >= 4 is 5.91 Å². The largest absolute Gasteiger partial charge is 0.497 e. The van der Waals surface area contributed by atoms with E-state index in [0.717, 1.165) is 31.8 Å². The maximum Gasteiger partial charge on any atom is 0.239 e. The molecule has 0 aliphatic heterocycles. The number of ether oxygens (including phenoxy) is 1. The molecule has 0 aliphatic rings. The molecule has 0 saturated carbocycles. The second-order valence-electron chi connectivity index (χ2n) is 4.78. The maximum absolute atomic E-state index is 12.1. The van der Waals surface area contributed by atoms with Crippen LogP contribution in [0.25, 0.3) is 0 Å². The minimum absolute atomic E-state index is 0.131. The summed E-state index contributed by atoms with van der Waals surface area (Å²) >= 11 is 0. The predicted molar refractivity (Wildman–Crippen MR) is 82.1 cm³/mol. The molecule has 20 heavy (non-hydrogen) atoms. The highest BCUT2D eigenvalue weighted by Gasteiger charge is 2.16. The van der Waals surface area contributed by atoms with Gasteiger partial charge < -0.3 is 15.0 Å². The Morgan fingerprint density at radius 2 is 1.85 bits per heavy atom. The molecule has 0 aliphatic carbocycles. The van der Waals surface area contributed by atoms with Gasteiger partial charge in [-0.05, 0) is 51.4 Å². The van der Waals surface area contributed by atoms with Crippen molar-refractivity contribution in [3.05, 3.63) is 29.8 Å². The Labute approximate surface area is 122 Å². The molecule has 1 atom stereocenters. The molecule has 1 aromatic carbocycles. The molecule has 0 spiro atoms. The van der Waals surface area contributed by atoms with Crippen LogP contribution >= 0.6 is 0 Å². The zero-order valence-corrected chi connectivity index (χ0v) is 13.0. The number of nitrogens with one attached hydrogen (secondary N) is 1. The zero-order valence-electron chi connectivity index (χ0n) is 13.0. The molecule has 0 saturated heterocycles. The van der Waals surface area contributed by atoms with E-state index >= 15 is 0 Å². The zero-order chi connectivity index (χ0) is 15.0. The lowest BCUT2D eigenvalue weighted by molar-refractivity contribution is -0.132. The fourth-order valence-corrected chi connectivity index (χ4v) is 2.12. The van der Waals surface area contributed by atoms with Gasteiger partial charge in [-0.15, -0.1) is 0 Å². The van der Waals surface area contributed by atoms with Crippen molar-refractivity contribution in [2.45, 2.75) is 33.2 Å². The summed E-state index contributed by atoms with van der Waals surface area (Å²) in [4.78, 5) is 13.9. The first kappa shape index (κ1) is 16.5. The van der Waals surface area contributed by atoms with Crippen LogP contribution in [0.5, 0.6) is 5.75 Å². The van der Waals surface area contributed by atoms with E-state index in [1.165, 1.54) is 5.56 Å². The molecule has 0 bridgehead atoms. The molecule has 4 nitrogen and oxygen atoms in total. The Hall–Kier alpha value is -1.55. The molecular weight excluding hydrogens is 252 g/mol. The standard InChI is InChI=1S/C16H26N2O2/c1-5-18(6-2)16(19)13(3)17-12-11-14-7-9-15(20-4)10-8-14/h7-10,13,17H,5-6,11-12H2,1-4H3. The number of hydrogen-bond acceptors (Lipinski definition) is 3. The molecule has 4 heteroatoms. The van der Waals surface area contributed by atoms with Crippen LogP contribution in [0.15, 0.2) is 24.3 Å². The van der Waals surface area contributed by atoms with Gasteiger partial charge in [0.2, 0.25) is 5.91 Å². The van der Waals surface area contributed by atoms with Gasteiger partial charge in [-0.1, -0.05) is 12.1 Å². The Balaban J connectivity index is 2.37. The Bertz CT molecular complexity index is 399. The number of amides is 1. The van der Waals surface area contributed by atoms with E-state index in [9.17, 15) is 4.79 Å². The minimum Gasteiger partial charge on any atom is -0.497 e. The number of carbonyl (C=O) groups is 1. The average Bonchev–Trinajstić information content (AvgIpc) is 2.49. The van der Waals surface area contributed by atoms with Crippen LogP contribution in [0.3, 0.4) is 0 Å². The summed E-state index contributed by atoms with van der Waals surface area (Å²) in [5.41, 5.74) is 1.24. The number of methoxy groups -OCH3 is 1. The van der Waals surface area contributed by atoms with Crippen molar-refractivity contribution in [2.75, 3.05) is 26.7 Å². The van der Waals surface area contributed by atoms with Crippen molar-refractivity contribution < 1.29 is 9.53 Å². The average molecular weight is 278 g/mol. The van der Waals surface area contributed by atoms with Crippen molar-refractivity contribution in [1.29, 1.82) is 0 Å². The van der Waals surface area contributed by atoms with E-state index in [-0.39, 0.29) is 11.9 Å². The topological polar surface area (TPSA) is 41.6 Å². The van der Waals surface area contributed by atoms with Gasteiger partial charge in [0, 0.05) is 13.1 Å². The van der Waals surface area contributed by atoms with Crippen LogP contribution in [-0.4, -0.2) is 43.6 Å². The van der Waals surface area contributed by atoms with Crippen LogP contribution in [0.4, 0.5) is 0 Å². The lowest BCUT2D eigenvalue weighted by atomic mass is 10.1. The van der Waals surface area contributed by atoms with Crippen LogP contribution in [0.1, 0.15) is 26.3 Å². The number of rotatable bonds is 8. The third-order valence-corrected chi connectivity index (χ3v) is 3.47. The highest BCUT2D eigenvalue weighted by molar-refractivity contribution is 5.81. The molecule has 1 amide bonds. The van der Waals surface area contributed by atoms with E-state index in [4.69, 9.17) is 4.74 Å². The second kappa shape index (κ2) is 8.59. The van der Waals surface area contributed by atoms with Crippen LogP contribution in [0, 0.1) is 0 Å². The Morgan fingerprint density at radius 1 is 1.25 bits per heavy atom. The molecule has 1 unspecified atom stereocenters. The molecule has 0 aromatic heterocycles. The molecule has 1 rings (SSSR count). The van der Waals surface area contributed by atoms with Crippen molar-refractivity contribution in [1.82, 2.24) is 10.2 Å². The van der Waals surface area contributed by atoms with Crippen LogP contribution in [0.2, 0.25) is 0 Å². The summed E-state index contributed by atoms with van der Waals surface area (Å²) in [6.45, 7) is 8.26. The predicted octanol–water partition coefficient (Wildman–Crippen LogP) is 2.08. The molecule has 112 valence electrons. The van der Waals surface area contributed by atoms with Crippen molar-refractivity contribution in [3.8, 4) is 5.75 Å². The first-order valence-corrected chi connectivity index (χ1v) is 7.27. The van der Waals surface area contributed by atoms with E-state index in [1.807, 2.05) is 37.8 Å². The summed E-state index contributed by atoms with van der Waals surface area (Å²) in [7, 11) is 1.66. The van der Waals surface area contributed by atoms with E-state index in [1.54, 1.807) is 7.11 Å². The fraction of sp³-hybridized carbons (Fsp3) is 0.562. The number of benzene rings is 1. The summed E-state index contributed by atoms with van der Waals surface area (Å²) in [5, 5.41) is 3.29. The van der Waals surface area contributed by atoms with E-state index in [2.05, 4.69) is 17.4 Å². The fourth-order valence-electron chi connectivity index (χ4n) is 2.12. The number of likely N-dealkylation sites (N-methyl/N-ethyl adjacent to an activating group) is 1. The summed E-state index contributed by atoms with van der Waals surface area (Å²) < 4.78 is 5.13. The molecule has 0 fully saturated rings. The van der Waals surface area contributed by atoms with Gasteiger partial charge in [0.1, 0.15) is 5.75 Å². The van der Waals surface area contributed by atoms with Gasteiger partial charge in [0.05, 0.1) is 13.2 Å². The normalized spacial score (nSPS) is 12.0. The molecular formula is C16H26N2O2. The van der Waals surface area contributed by atoms with Crippen molar-refractivity contribution in [2.24, 2.45) is 0 Å². The molecule has 1 N–H and O–H groups in total. The Kier molecular flexibility index (Phi) is 7.09. The van der Waals surface area contributed by atoms with Gasteiger partial charge in [-0.2, -0.15) is 0 Å². The van der Waals surface area contributed by atoms with Gasteiger partial charge in [0.15, 0.2) is 0 Å². The number of nitrogens with zero attached hydrogens (tertiary/aromatic N) is 1. The monoisotopic (exact) mass is 278 g/mol. The van der Waals surface area contributed by atoms with E-state index in [0.29, 0.717) is 0 Å². The SMILES string of the molecule is CCN(CC)C(=O)C(C)NCCc1ccc(OC)cc1. The Morgan fingerprint density at radius 3 is 2.35 bits per heavy atom. The van der Waals surface area contributed by atoms with Gasteiger partial charge in [0.25, 0.3) is 0 Å². The first-order valence-electron chi connectivity index (χ1n) is 7.27. The van der Waals surface area contributed by atoms with Gasteiger partial charge in [-0.25, -0.2) is 0 Å². The maximum atomic E-state index is 12.1. The number of hydrogen-bond donors (Lipinski definition) is 1. The molecule has 0 heterocycles. The van der Waals surface area contributed by atoms with Gasteiger partial charge in [-0.3, -0.25) is 4.79 Å². The van der Waals surface area contributed by atoms with E-state index < -0.39 is 0 Å².